The zero-order valence-electron chi connectivity index (χ0n) is 11.6. The van der Waals surface area contributed by atoms with Gasteiger partial charge in [-0.15, -0.1) is 11.3 Å². The van der Waals surface area contributed by atoms with Gasteiger partial charge in [-0.3, -0.25) is 15.1 Å². The second kappa shape index (κ2) is 5.98. The number of hydrogen-bond donors (Lipinski definition) is 1. The average molecular weight is 314 g/mol. The molecule has 0 bridgehead atoms. The molecule has 1 N–H and O–H groups in total. The Balaban J connectivity index is 1.77. The van der Waals surface area contributed by atoms with Gasteiger partial charge in [-0.05, 0) is 30.7 Å². The van der Waals surface area contributed by atoms with Gasteiger partial charge in [0.05, 0.1) is 11.9 Å². The molecule has 110 valence electrons. The standard InChI is InChI=1S/C15H11FN4OS/c1-9-5-12(18-7-11(9)16)14(21)20-15-19-13(8-22-15)10-3-2-4-17-6-10/h2-8H,1H3,(H,19,20,21). The molecule has 0 fully saturated rings. The van der Waals surface area contributed by atoms with Crippen LogP contribution in [0.2, 0.25) is 0 Å². The van der Waals surface area contributed by atoms with E-state index < -0.39 is 11.7 Å². The van der Waals surface area contributed by atoms with E-state index >= 15 is 0 Å². The number of aryl methyl sites for hydroxylation is 1. The van der Waals surface area contributed by atoms with Gasteiger partial charge in [0, 0.05) is 23.3 Å². The number of halogens is 1. The lowest BCUT2D eigenvalue weighted by Gasteiger charge is -2.02. The fourth-order valence-electron chi connectivity index (χ4n) is 1.80. The molecule has 0 aliphatic rings. The zero-order chi connectivity index (χ0) is 15.5. The van der Waals surface area contributed by atoms with Crippen molar-refractivity contribution in [2.75, 3.05) is 5.32 Å². The van der Waals surface area contributed by atoms with Crippen LogP contribution in [0.3, 0.4) is 0 Å². The van der Waals surface area contributed by atoms with Gasteiger partial charge in [-0.25, -0.2) is 14.4 Å². The van der Waals surface area contributed by atoms with Crippen LogP contribution in [-0.2, 0) is 0 Å². The van der Waals surface area contributed by atoms with E-state index in [9.17, 15) is 9.18 Å². The maximum Gasteiger partial charge on any atom is 0.276 e. The number of anilines is 1. The molecule has 3 heterocycles. The van der Waals surface area contributed by atoms with Crippen LogP contribution in [0.4, 0.5) is 9.52 Å². The van der Waals surface area contributed by atoms with Gasteiger partial charge in [0.15, 0.2) is 5.13 Å². The topological polar surface area (TPSA) is 67.8 Å². The summed E-state index contributed by atoms with van der Waals surface area (Å²) in [5.41, 5.74) is 2.12. The van der Waals surface area contributed by atoms with Crippen molar-refractivity contribution < 1.29 is 9.18 Å². The Morgan fingerprint density at radius 3 is 2.95 bits per heavy atom. The van der Waals surface area contributed by atoms with Crippen molar-refractivity contribution in [3.63, 3.8) is 0 Å². The summed E-state index contributed by atoms with van der Waals surface area (Å²) in [4.78, 5) is 24.2. The molecular formula is C15H11FN4OS. The van der Waals surface area contributed by atoms with Crippen molar-refractivity contribution in [1.29, 1.82) is 0 Å². The smallest absolute Gasteiger partial charge is 0.276 e. The lowest BCUT2D eigenvalue weighted by Crippen LogP contribution is -2.14. The summed E-state index contributed by atoms with van der Waals surface area (Å²) in [6.45, 7) is 1.58. The first-order valence-corrected chi connectivity index (χ1v) is 7.31. The highest BCUT2D eigenvalue weighted by Crippen LogP contribution is 2.24. The first-order chi connectivity index (χ1) is 10.6. The number of hydrogen-bond acceptors (Lipinski definition) is 5. The number of aromatic nitrogens is 3. The van der Waals surface area contributed by atoms with E-state index in [0.29, 0.717) is 10.7 Å². The second-order valence-electron chi connectivity index (χ2n) is 4.55. The minimum atomic E-state index is -0.440. The van der Waals surface area contributed by atoms with Crippen molar-refractivity contribution in [2.24, 2.45) is 0 Å². The summed E-state index contributed by atoms with van der Waals surface area (Å²) in [7, 11) is 0. The largest absolute Gasteiger partial charge is 0.296 e. The molecule has 0 spiro atoms. The molecule has 0 saturated carbocycles. The number of pyridine rings is 2. The number of nitrogens with zero attached hydrogens (tertiary/aromatic N) is 3. The molecule has 0 aliphatic heterocycles. The minimum Gasteiger partial charge on any atom is -0.296 e. The molecule has 1 amide bonds. The third-order valence-electron chi connectivity index (χ3n) is 2.96. The fourth-order valence-corrected chi connectivity index (χ4v) is 2.52. The fraction of sp³-hybridized carbons (Fsp3) is 0.0667. The maximum absolute atomic E-state index is 13.2. The van der Waals surface area contributed by atoms with Gasteiger partial charge >= 0.3 is 0 Å². The van der Waals surface area contributed by atoms with Gasteiger partial charge in [0.1, 0.15) is 11.5 Å². The predicted molar refractivity (Wildman–Crippen MR) is 82.2 cm³/mol. The summed E-state index contributed by atoms with van der Waals surface area (Å²) in [5.74, 6) is -0.861. The Kier molecular flexibility index (Phi) is 3.88. The highest BCUT2D eigenvalue weighted by Gasteiger charge is 2.12. The highest BCUT2D eigenvalue weighted by atomic mass is 32.1. The van der Waals surface area contributed by atoms with Gasteiger partial charge in [-0.2, -0.15) is 0 Å². The Labute approximate surface area is 129 Å². The van der Waals surface area contributed by atoms with Gasteiger partial charge < -0.3 is 0 Å². The van der Waals surface area contributed by atoms with Crippen LogP contribution in [0.1, 0.15) is 16.1 Å². The molecule has 0 saturated heterocycles. The molecule has 3 aromatic heterocycles. The summed E-state index contributed by atoms with van der Waals surface area (Å²) < 4.78 is 13.2. The van der Waals surface area contributed by atoms with Gasteiger partial charge in [-0.1, -0.05) is 0 Å². The van der Waals surface area contributed by atoms with Crippen LogP contribution in [0.25, 0.3) is 11.3 Å². The summed E-state index contributed by atoms with van der Waals surface area (Å²) in [6.07, 6.45) is 4.42. The van der Waals surface area contributed by atoms with Crippen LogP contribution in [0, 0.1) is 12.7 Å². The van der Waals surface area contributed by atoms with Crippen LogP contribution in [0.5, 0.6) is 0 Å². The van der Waals surface area contributed by atoms with Gasteiger partial charge in [0.2, 0.25) is 0 Å². The average Bonchev–Trinajstić information content (AvgIpc) is 2.99. The van der Waals surface area contributed by atoms with Gasteiger partial charge in [0.25, 0.3) is 5.91 Å². The van der Waals surface area contributed by atoms with E-state index in [1.165, 1.54) is 17.4 Å². The molecule has 3 rings (SSSR count). The van der Waals surface area contributed by atoms with Crippen molar-refractivity contribution in [1.82, 2.24) is 15.0 Å². The summed E-state index contributed by atoms with van der Waals surface area (Å²) in [6, 6.07) is 5.11. The summed E-state index contributed by atoms with van der Waals surface area (Å²) in [5, 5.41) is 4.94. The molecule has 22 heavy (non-hydrogen) atoms. The lowest BCUT2D eigenvalue weighted by molar-refractivity contribution is 0.102. The third kappa shape index (κ3) is 2.99. The predicted octanol–water partition coefficient (Wildman–Crippen LogP) is 3.30. The molecule has 5 nitrogen and oxygen atoms in total. The Morgan fingerprint density at radius 1 is 1.36 bits per heavy atom. The summed E-state index contributed by atoms with van der Waals surface area (Å²) >= 11 is 1.30. The number of nitrogens with one attached hydrogen (secondary N) is 1. The van der Waals surface area contributed by atoms with E-state index in [2.05, 4.69) is 20.3 Å². The molecule has 0 radical (unpaired) electrons. The van der Waals surface area contributed by atoms with E-state index in [1.807, 2.05) is 17.5 Å². The molecule has 0 unspecified atom stereocenters. The van der Waals surface area contributed by atoms with Crippen molar-refractivity contribution in [3.05, 3.63) is 59.2 Å². The minimum absolute atomic E-state index is 0.150. The Bertz CT molecular complexity index is 819. The molecule has 7 heteroatoms. The van der Waals surface area contributed by atoms with Crippen LogP contribution < -0.4 is 5.32 Å². The number of thiazole rings is 1. The Hall–Kier alpha value is -2.67. The maximum atomic E-state index is 13.2. The Morgan fingerprint density at radius 2 is 2.23 bits per heavy atom. The quantitative estimate of drug-likeness (QED) is 0.805. The lowest BCUT2D eigenvalue weighted by atomic mass is 10.2. The SMILES string of the molecule is Cc1cc(C(=O)Nc2nc(-c3cccnc3)cs2)ncc1F. The number of amides is 1. The van der Waals surface area contributed by atoms with E-state index in [1.54, 1.807) is 19.3 Å². The number of carbonyl (C=O) groups is 1. The number of rotatable bonds is 3. The molecule has 0 aromatic carbocycles. The van der Waals surface area contributed by atoms with Crippen molar-refractivity contribution in [2.45, 2.75) is 6.92 Å². The van der Waals surface area contributed by atoms with Crippen molar-refractivity contribution >= 4 is 22.4 Å². The molecule has 3 aromatic rings. The van der Waals surface area contributed by atoms with Crippen LogP contribution >= 0.6 is 11.3 Å². The highest BCUT2D eigenvalue weighted by molar-refractivity contribution is 7.14. The first kappa shape index (κ1) is 14.3. The van der Waals surface area contributed by atoms with Crippen LogP contribution in [-0.4, -0.2) is 20.9 Å². The molecular weight excluding hydrogens is 303 g/mol. The number of carbonyl (C=O) groups excluding carboxylic acids is 1. The molecule has 0 atom stereocenters. The third-order valence-corrected chi connectivity index (χ3v) is 3.72. The van der Waals surface area contributed by atoms with Crippen molar-refractivity contribution in [3.8, 4) is 11.3 Å². The second-order valence-corrected chi connectivity index (χ2v) is 5.41. The van der Waals surface area contributed by atoms with E-state index in [4.69, 9.17) is 0 Å². The zero-order valence-corrected chi connectivity index (χ0v) is 12.4. The van der Waals surface area contributed by atoms with Crippen LogP contribution in [0.15, 0.2) is 42.2 Å². The van der Waals surface area contributed by atoms with E-state index in [-0.39, 0.29) is 5.69 Å². The monoisotopic (exact) mass is 314 g/mol. The molecule has 0 aliphatic carbocycles. The normalized spacial score (nSPS) is 10.5. The first-order valence-electron chi connectivity index (χ1n) is 6.43. The van der Waals surface area contributed by atoms with E-state index in [0.717, 1.165) is 17.5 Å².